The summed E-state index contributed by atoms with van der Waals surface area (Å²) in [6.45, 7) is 0. The summed E-state index contributed by atoms with van der Waals surface area (Å²) < 4.78 is 12.4. The molecular formula is C6H2ClFN2. The van der Waals surface area contributed by atoms with E-state index in [-0.39, 0.29) is 10.7 Å². The van der Waals surface area contributed by atoms with Gasteiger partial charge in [-0.15, -0.1) is 0 Å². The lowest BCUT2D eigenvalue weighted by Crippen LogP contribution is -1.87. The second-order valence-corrected chi connectivity index (χ2v) is 1.97. The molecule has 0 aliphatic heterocycles. The lowest BCUT2D eigenvalue weighted by Gasteiger charge is -1.90. The van der Waals surface area contributed by atoms with Crippen LogP contribution in [0.25, 0.3) is 0 Å². The third-order valence-electron chi connectivity index (χ3n) is 0.935. The fraction of sp³-hybridized carbons (Fsp3) is 0. The van der Waals surface area contributed by atoms with Gasteiger partial charge in [-0.05, 0) is 12.1 Å². The summed E-state index contributed by atoms with van der Waals surface area (Å²) >= 11 is 5.31. The maximum atomic E-state index is 12.4. The monoisotopic (exact) mass is 156 g/mol. The zero-order valence-electron chi connectivity index (χ0n) is 4.81. The topological polar surface area (TPSA) is 36.7 Å². The van der Waals surface area contributed by atoms with E-state index < -0.39 is 5.95 Å². The van der Waals surface area contributed by atoms with Gasteiger partial charge in [-0.25, -0.2) is 4.98 Å². The summed E-state index contributed by atoms with van der Waals surface area (Å²) in [5.41, 5.74) is -0.0931. The van der Waals surface area contributed by atoms with Crippen molar-refractivity contribution in [1.29, 1.82) is 5.26 Å². The van der Waals surface area contributed by atoms with E-state index in [1.807, 2.05) is 0 Å². The van der Waals surface area contributed by atoms with Gasteiger partial charge < -0.3 is 0 Å². The number of hydrogen-bond acceptors (Lipinski definition) is 2. The van der Waals surface area contributed by atoms with E-state index in [9.17, 15) is 4.39 Å². The summed E-state index contributed by atoms with van der Waals surface area (Å²) in [7, 11) is 0. The van der Waals surface area contributed by atoms with Crippen molar-refractivity contribution in [2.45, 2.75) is 0 Å². The Morgan fingerprint density at radius 3 is 2.80 bits per heavy atom. The predicted octanol–water partition coefficient (Wildman–Crippen LogP) is 1.75. The van der Waals surface area contributed by atoms with E-state index in [0.717, 1.165) is 0 Å². The van der Waals surface area contributed by atoms with Crippen LogP contribution < -0.4 is 0 Å². The van der Waals surface area contributed by atoms with Gasteiger partial charge in [-0.2, -0.15) is 9.65 Å². The normalized spacial score (nSPS) is 8.90. The van der Waals surface area contributed by atoms with Crippen LogP contribution in [0.15, 0.2) is 12.1 Å². The van der Waals surface area contributed by atoms with Crippen LogP contribution >= 0.6 is 11.6 Å². The molecule has 2 nitrogen and oxygen atoms in total. The average Bonchev–Trinajstić information content (AvgIpc) is 1.88. The van der Waals surface area contributed by atoms with Gasteiger partial charge in [0.25, 0.3) is 0 Å². The largest absolute Gasteiger partial charge is 0.232 e. The number of hydrogen-bond donors (Lipinski definition) is 0. The van der Waals surface area contributed by atoms with E-state index in [1.54, 1.807) is 6.07 Å². The van der Waals surface area contributed by atoms with Gasteiger partial charge in [-0.1, -0.05) is 11.6 Å². The molecule has 50 valence electrons. The zero-order chi connectivity index (χ0) is 7.56. The molecule has 1 heterocycles. The van der Waals surface area contributed by atoms with Crippen molar-refractivity contribution >= 4 is 11.6 Å². The molecule has 0 N–H and O–H groups in total. The number of halogens is 2. The zero-order valence-corrected chi connectivity index (χ0v) is 5.56. The highest BCUT2D eigenvalue weighted by Gasteiger charge is 2.01. The fourth-order valence-corrected chi connectivity index (χ4v) is 0.633. The molecule has 10 heavy (non-hydrogen) atoms. The quantitative estimate of drug-likeness (QED) is 0.537. The molecule has 0 spiro atoms. The Labute approximate surface area is 61.9 Å². The Hall–Kier alpha value is -1.14. The number of nitriles is 1. The molecule has 4 heteroatoms. The molecule has 1 aromatic heterocycles. The van der Waals surface area contributed by atoms with E-state index >= 15 is 0 Å². The third kappa shape index (κ3) is 1.23. The number of rotatable bonds is 0. The molecule has 0 fully saturated rings. The minimum Gasteiger partial charge on any atom is -0.207 e. The standard InChI is InChI=1S/C6H2ClFN2/c7-5-2-1-4(3-9)6(8)10-5/h1-2H. The van der Waals surface area contributed by atoms with Gasteiger partial charge in [0, 0.05) is 0 Å². The first-order valence-electron chi connectivity index (χ1n) is 2.46. The van der Waals surface area contributed by atoms with Gasteiger partial charge in [0.05, 0.1) is 0 Å². The second kappa shape index (κ2) is 2.63. The van der Waals surface area contributed by atoms with Crippen LogP contribution in [0, 0.1) is 17.3 Å². The summed E-state index contributed by atoms with van der Waals surface area (Å²) in [5, 5.41) is 8.29. The molecule has 0 aromatic carbocycles. The Morgan fingerprint density at radius 1 is 1.60 bits per heavy atom. The van der Waals surface area contributed by atoms with E-state index in [1.165, 1.54) is 12.1 Å². The van der Waals surface area contributed by atoms with Crippen LogP contribution in [-0.2, 0) is 0 Å². The molecule has 0 atom stereocenters. The van der Waals surface area contributed by atoms with Gasteiger partial charge in [0.15, 0.2) is 0 Å². The van der Waals surface area contributed by atoms with Gasteiger partial charge >= 0.3 is 0 Å². The van der Waals surface area contributed by atoms with Crippen LogP contribution in [0.1, 0.15) is 5.56 Å². The van der Waals surface area contributed by atoms with Crippen LogP contribution in [0.4, 0.5) is 4.39 Å². The van der Waals surface area contributed by atoms with E-state index in [0.29, 0.717) is 0 Å². The summed E-state index contributed by atoms with van der Waals surface area (Å²) in [6, 6.07) is 4.27. The molecule has 0 bridgehead atoms. The first-order chi connectivity index (χ1) is 4.74. The van der Waals surface area contributed by atoms with Crippen molar-refractivity contribution < 1.29 is 4.39 Å². The van der Waals surface area contributed by atoms with Crippen molar-refractivity contribution in [2.75, 3.05) is 0 Å². The van der Waals surface area contributed by atoms with Crippen molar-refractivity contribution in [1.82, 2.24) is 4.98 Å². The van der Waals surface area contributed by atoms with Crippen molar-refractivity contribution in [2.24, 2.45) is 0 Å². The number of pyridine rings is 1. The Kier molecular flexibility index (Phi) is 1.83. The SMILES string of the molecule is N#Cc1ccc(Cl)nc1F. The summed E-state index contributed by atoms with van der Waals surface area (Å²) in [6.07, 6.45) is 0. The third-order valence-corrected chi connectivity index (χ3v) is 1.15. The smallest absolute Gasteiger partial charge is 0.207 e. The summed E-state index contributed by atoms with van der Waals surface area (Å²) in [5.74, 6) is -0.824. The molecule has 0 unspecified atom stereocenters. The van der Waals surface area contributed by atoms with E-state index in [4.69, 9.17) is 16.9 Å². The maximum absolute atomic E-state index is 12.4. The number of nitrogens with zero attached hydrogens (tertiary/aromatic N) is 2. The Bertz CT molecular complexity index is 292. The summed E-state index contributed by atoms with van der Waals surface area (Å²) in [4.78, 5) is 3.22. The first kappa shape index (κ1) is 6.97. The molecule has 0 aliphatic carbocycles. The first-order valence-corrected chi connectivity index (χ1v) is 2.84. The molecule has 0 saturated carbocycles. The molecule has 0 radical (unpaired) electrons. The number of aromatic nitrogens is 1. The Morgan fingerprint density at radius 2 is 2.30 bits per heavy atom. The molecular weight excluding hydrogens is 155 g/mol. The highest BCUT2D eigenvalue weighted by atomic mass is 35.5. The highest BCUT2D eigenvalue weighted by Crippen LogP contribution is 2.08. The van der Waals surface area contributed by atoms with Crippen LogP contribution in [-0.4, -0.2) is 4.98 Å². The molecule has 0 aliphatic rings. The van der Waals surface area contributed by atoms with Crippen molar-refractivity contribution in [3.8, 4) is 6.07 Å². The lowest BCUT2D eigenvalue weighted by atomic mass is 10.3. The molecule has 0 amide bonds. The van der Waals surface area contributed by atoms with Crippen molar-refractivity contribution in [3.63, 3.8) is 0 Å². The highest BCUT2D eigenvalue weighted by molar-refractivity contribution is 6.29. The Balaban J connectivity index is 3.23. The predicted molar refractivity (Wildman–Crippen MR) is 33.9 cm³/mol. The maximum Gasteiger partial charge on any atom is 0.232 e. The minimum atomic E-state index is -0.824. The van der Waals surface area contributed by atoms with Gasteiger partial charge in [0.2, 0.25) is 5.95 Å². The molecule has 1 aromatic rings. The molecule has 1 rings (SSSR count). The second-order valence-electron chi connectivity index (χ2n) is 1.58. The van der Waals surface area contributed by atoms with Crippen LogP contribution in [0.3, 0.4) is 0 Å². The van der Waals surface area contributed by atoms with Crippen LogP contribution in [0.5, 0.6) is 0 Å². The van der Waals surface area contributed by atoms with Gasteiger partial charge in [-0.3, -0.25) is 0 Å². The minimum absolute atomic E-state index is 0.0523. The molecule has 0 saturated heterocycles. The van der Waals surface area contributed by atoms with E-state index in [2.05, 4.69) is 4.98 Å². The lowest BCUT2D eigenvalue weighted by molar-refractivity contribution is 0.580. The van der Waals surface area contributed by atoms with Gasteiger partial charge in [0.1, 0.15) is 16.8 Å². The van der Waals surface area contributed by atoms with Crippen LogP contribution in [0.2, 0.25) is 5.15 Å². The van der Waals surface area contributed by atoms with Crippen molar-refractivity contribution in [3.05, 3.63) is 28.8 Å². The average molecular weight is 157 g/mol. The fourth-order valence-electron chi connectivity index (χ4n) is 0.496.